The van der Waals surface area contributed by atoms with E-state index in [4.69, 9.17) is 24.3 Å². The van der Waals surface area contributed by atoms with Crippen LogP contribution in [0.2, 0.25) is 0 Å². The van der Waals surface area contributed by atoms with Gasteiger partial charge in [-0.05, 0) is 38.2 Å². The zero-order chi connectivity index (χ0) is 26.6. The maximum Gasteiger partial charge on any atom is 0.356 e. The minimum Gasteiger partial charge on any atom is -0.383 e. The van der Waals surface area contributed by atoms with E-state index >= 15 is 0 Å². The Hall–Kier alpha value is -1.51. The smallest absolute Gasteiger partial charge is 0.356 e. The maximum atomic E-state index is 12.6. The lowest BCUT2D eigenvalue weighted by molar-refractivity contribution is -0.0179. The van der Waals surface area contributed by atoms with Gasteiger partial charge in [0.25, 0.3) is 0 Å². The molecule has 1 aliphatic rings. The molecule has 0 saturated carbocycles. The standard InChI is InChI=1S/C27H48N3O6P/c1-2-3-4-5-6-7-8-9-10-11-12-13-14-15-16-19-33-20-21-35-37(32)24-34-25(23-36-37)22-30-18-17-26(28)29-27(30)31/h9-10,17-18,25H,2-8,11-16,19-24H2,1H3,(H2,28,29,31)/b10-9-/t25-,37?/m0/s1. The number of nitrogens with zero attached hydrogens (tertiary/aromatic N) is 2. The zero-order valence-corrected chi connectivity index (χ0v) is 23.6. The van der Waals surface area contributed by atoms with Crippen molar-refractivity contribution >= 4 is 13.4 Å². The Morgan fingerprint density at radius 1 is 1.03 bits per heavy atom. The molecule has 1 aromatic rings. The normalized spacial score (nSPS) is 20.1. The highest BCUT2D eigenvalue weighted by Crippen LogP contribution is 2.50. The fraction of sp³-hybridized carbons (Fsp3) is 0.778. The highest BCUT2D eigenvalue weighted by atomic mass is 31.2. The molecule has 0 radical (unpaired) electrons. The average molecular weight is 542 g/mol. The second-order valence-electron chi connectivity index (χ2n) is 9.64. The number of hydrogen-bond donors (Lipinski definition) is 1. The molecular weight excluding hydrogens is 493 g/mol. The van der Waals surface area contributed by atoms with Gasteiger partial charge in [-0.1, -0.05) is 70.4 Å². The van der Waals surface area contributed by atoms with E-state index in [9.17, 15) is 9.36 Å². The van der Waals surface area contributed by atoms with Crippen molar-refractivity contribution in [3.8, 4) is 0 Å². The van der Waals surface area contributed by atoms with Gasteiger partial charge < -0.3 is 24.3 Å². The van der Waals surface area contributed by atoms with Crippen LogP contribution in [-0.2, 0) is 29.6 Å². The van der Waals surface area contributed by atoms with Gasteiger partial charge in [-0.3, -0.25) is 9.13 Å². The Bertz CT molecular complexity index is 851. The van der Waals surface area contributed by atoms with Gasteiger partial charge in [0.15, 0.2) is 0 Å². The molecule has 0 bridgehead atoms. The van der Waals surface area contributed by atoms with E-state index in [0.29, 0.717) is 13.2 Å². The number of nitrogen functional groups attached to an aromatic ring is 1. The van der Waals surface area contributed by atoms with Crippen LogP contribution >= 0.6 is 7.60 Å². The van der Waals surface area contributed by atoms with Crippen molar-refractivity contribution in [3.05, 3.63) is 34.9 Å². The highest BCUT2D eigenvalue weighted by Gasteiger charge is 2.33. The number of hydrogen-bond acceptors (Lipinski definition) is 8. The number of nitrogens with two attached hydrogens (primary N) is 1. The molecule has 2 rings (SSSR count). The van der Waals surface area contributed by atoms with E-state index in [1.807, 2.05) is 0 Å². The lowest BCUT2D eigenvalue weighted by Crippen LogP contribution is -2.35. The highest BCUT2D eigenvalue weighted by molar-refractivity contribution is 7.53. The van der Waals surface area contributed by atoms with E-state index < -0.39 is 19.4 Å². The predicted octanol–water partition coefficient (Wildman–Crippen LogP) is 6.07. The first-order valence-corrected chi connectivity index (χ1v) is 15.8. The number of anilines is 1. The molecule has 0 amide bonds. The summed E-state index contributed by atoms with van der Waals surface area (Å²) in [6.45, 7) is 3.81. The van der Waals surface area contributed by atoms with E-state index in [1.165, 1.54) is 81.3 Å². The predicted molar refractivity (Wildman–Crippen MR) is 148 cm³/mol. The summed E-state index contributed by atoms with van der Waals surface area (Å²) in [4.78, 5) is 15.5. The van der Waals surface area contributed by atoms with E-state index in [-0.39, 0.29) is 31.9 Å². The van der Waals surface area contributed by atoms with Crippen LogP contribution < -0.4 is 11.4 Å². The molecule has 2 heterocycles. The molecule has 1 aromatic heterocycles. The van der Waals surface area contributed by atoms with Crippen molar-refractivity contribution in [2.75, 3.05) is 38.5 Å². The molecule has 212 valence electrons. The first-order valence-electron chi connectivity index (χ1n) is 14.1. The second-order valence-corrected chi connectivity index (χ2v) is 11.6. The third-order valence-corrected chi connectivity index (χ3v) is 7.87. The molecule has 1 unspecified atom stereocenters. The Morgan fingerprint density at radius 3 is 2.35 bits per heavy atom. The summed E-state index contributed by atoms with van der Waals surface area (Å²) < 4.78 is 36.0. The van der Waals surface area contributed by atoms with Crippen LogP contribution in [0.3, 0.4) is 0 Å². The second kappa shape index (κ2) is 19.5. The van der Waals surface area contributed by atoms with Gasteiger partial charge in [0.1, 0.15) is 18.3 Å². The van der Waals surface area contributed by atoms with E-state index in [0.717, 1.165) is 12.8 Å². The van der Waals surface area contributed by atoms with Crippen LogP contribution in [0, 0.1) is 0 Å². The first kappa shape index (κ1) is 31.7. The SMILES string of the molecule is CCCCCCCC/C=C\CCCCCCCOCCOP1(=O)CO[C@@H](Cn2ccc(N)nc2=O)CO1. The van der Waals surface area contributed by atoms with Gasteiger partial charge in [0.2, 0.25) is 0 Å². The summed E-state index contributed by atoms with van der Waals surface area (Å²) in [5, 5.41) is 0. The van der Waals surface area contributed by atoms with Gasteiger partial charge in [-0.25, -0.2) is 4.79 Å². The van der Waals surface area contributed by atoms with Crippen LogP contribution in [-0.4, -0.2) is 48.4 Å². The first-order chi connectivity index (χ1) is 18.0. The van der Waals surface area contributed by atoms with Crippen LogP contribution in [0.5, 0.6) is 0 Å². The van der Waals surface area contributed by atoms with Crippen molar-refractivity contribution in [2.45, 2.75) is 103 Å². The number of aromatic nitrogens is 2. The fourth-order valence-electron chi connectivity index (χ4n) is 4.07. The quantitative estimate of drug-likeness (QED) is 0.113. The molecule has 1 fully saturated rings. The zero-order valence-electron chi connectivity index (χ0n) is 22.7. The van der Waals surface area contributed by atoms with Crippen LogP contribution in [0.1, 0.15) is 90.4 Å². The molecule has 9 nitrogen and oxygen atoms in total. The van der Waals surface area contributed by atoms with Gasteiger partial charge in [-0.2, -0.15) is 4.98 Å². The number of ether oxygens (including phenoxy) is 2. The number of unbranched alkanes of at least 4 members (excludes halogenated alkanes) is 11. The Kier molecular flexibility index (Phi) is 16.7. The molecule has 0 aliphatic carbocycles. The summed E-state index contributed by atoms with van der Waals surface area (Å²) in [5.41, 5.74) is 5.03. The molecule has 1 aliphatic heterocycles. The van der Waals surface area contributed by atoms with Crippen molar-refractivity contribution in [2.24, 2.45) is 0 Å². The summed E-state index contributed by atoms with van der Waals surface area (Å²) in [6.07, 6.45) is 22.2. The molecule has 10 heteroatoms. The Morgan fingerprint density at radius 2 is 1.70 bits per heavy atom. The summed E-state index contributed by atoms with van der Waals surface area (Å²) in [6, 6.07) is 1.54. The van der Waals surface area contributed by atoms with Crippen LogP contribution in [0.15, 0.2) is 29.2 Å². The third-order valence-electron chi connectivity index (χ3n) is 6.29. The minimum atomic E-state index is -3.30. The van der Waals surface area contributed by atoms with E-state index in [1.54, 1.807) is 6.20 Å². The Balaban J connectivity index is 1.37. The molecule has 0 spiro atoms. The largest absolute Gasteiger partial charge is 0.383 e. The Labute approximate surface area is 222 Å². The van der Waals surface area contributed by atoms with Crippen molar-refractivity contribution < 1.29 is 23.1 Å². The van der Waals surface area contributed by atoms with Crippen molar-refractivity contribution in [1.82, 2.24) is 9.55 Å². The minimum absolute atomic E-state index is 0.0733. The van der Waals surface area contributed by atoms with Crippen LogP contribution in [0.4, 0.5) is 5.82 Å². The summed E-state index contributed by atoms with van der Waals surface area (Å²) in [7, 11) is -3.30. The van der Waals surface area contributed by atoms with Gasteiger partial charge in [0.05, 0.1) is 26.4 Å². The van der Waals surface area contributed by atoms with Crippen LogP contribution in [0.25, 0.3) is 0 Å². The topological polar surface area (TPSA) is 115 Å². The average Bonchev–Trinajstić information content (AvgIpc) is 2.88. The van der Waals surface area contributed by atoms with Gasteiger partial charge >= 0.3 is 13.3 Å². The molecule has 37 heavy (non-hydrogen) atoms. The molecule has 0 aromatic carbocycles. The molecular formula is C27H48N3O6P. The lowest BCUT2D eigenvalue weighted by Gasteiger charge is -2.29. The van der Waals surface area contributed by atoms with Gasteiger partial charge in [0, 0.05) is 12.8 Å². The monoisotopic (exact) mass is 541 g/mol. The lowest BCUT2D eigenvalue weighted by atomic mass is 10.1. The fourth-order valence-corrected chi connectivity index (χ4v) is 5.43. The summed E-state index contributed by atoms with van der Waals surface area (Å²) >= 11 is 0. The summed E-state index contributed by atoms with van der Waals surface area (Å²) in [5.74, 6) is 0.166. The molecule has 2 N–H and O–H groups in total. The molecule has 1 saturated heterocycles. The van der Waals surface area contributed by atoms with Gasteiger partial charge in [-0.15, -0.1) is 0 Å². The number of rotatable bonds is 21. The van der Waals surface area contributed by atoms with Crippen molar-refractivity contribution in [3.63, 3.8) is 0 Å². The maximum absolute atomic E-state index is 12.6. The van der Waals surface area contributed by atoms with Crippen molar-refractivity contribution in [1.29, 1.82) is 0 Å². The molecule has 2 atom stereocenters. The van der Waals surface area contributed by atoms with E-state index in [2.05, 4.69) is 24.1 Å². The number of allylic oxidation sites excluding steroid dienone is 2. The third kappa shape index (κ3) is 14.9.